The second-order valence-corrected chi connectivity index (χ2v) is 7.56. The maximum Gasteiger partial charge on any atom is 0.157 e. The average Bonchev–Trinajstić information content (AvgIpc) is 3.58. The maximum atomic E-state index is 9.23. The molecule has 2 heterocycles. The SMILES string of the molecule is N#Cc1ccc2c(c1)CN(c1nn(C(=N)C3CC3)c(=N)c3ccccc13)CC2. The van der Waals surface area contributed by atoms with Gasteiger partial charge in [0, 0.05) is 29.8 Å². The number of nitrogens with one attached hydrogen (secondary N) is 2. The quantitative estimate of drug-likeness (QED) is 0.537. The lowest BCUT2D eigenvalue weighted by Crippen LogP contribution is -2.36. The van der Waals surface area contributed by atoms with Crippen LogP contribution in [-0.4, -0.2) is 22.2 Å². The smallest absolute Gasteiger partial charge is 0.157 e. The molecule has 2 aliphatic rings. The van der Waals surface area contributed by atoms with E-state index in [0.717, 1.165) is 48.0 Å². The van der Waals surface area contributed by atoms with Crippen LogP contribution >= 0.6 is 0 Å². The summed E-state index contributed by atoms with van der Waals surface area (Å²) in [7, 11) is 0. The fraction of sp³-hybridized carbons (Fsp3) is 0.273. The molecule has 28 heavy (non-hydrogen) atoms. The summed E-state index contributed by atoms with van der Waals surface area (Å²) in [5.74, 6) is 1.45. The van der Waals surface area contributed by atoms with Crippen LogP contribution in [0, 0.1) is 28.1 Å². The Bertz CT molecular complexity index is 1210. The molecule has 1 saturated carbocycles. The molecule has 1 aliphatic heterocycles. The summed E-state index contributed by atoms with van der Waals surface area (Å²) in [6.07, 6.45) is 2.89. The molecule has 0 radical (unpaired) electrons. The van der Waals surface area contributed by atoms with Crippen molar-refractivity contribution in [2.75, 3.05) is 11.4 Å². The molecule has 0 unspecified atom stereocenters. The first-order valence-corrected chi connectivity index (χ1v) is 9.58. The Morgan fingerprint density at radius 2 is 1.89 bits per heavy atom. The number of nitriles is 1. The topological polar surface area (TPSA) is 92.6 Å². The molecule has 0 saturated heterocycles. The van der Waals surface area contributed by atoms with Gasteiger partial charge in [0.05, 0.1) is 11.6 Å². The third-order valence-corrected chi connectivity index (χ3v) is 5.67. The van der Waals surface area contributed by atoms with E-state index in [2.05, 4.69) is 11.0 Å². The van der Waals surface area contributed by atoms with Crippen molar-refractivity contribution in [3.8, 4) is 6.07 Å². The molecule has 138 valence electrons. The Morgan fingerprint density at radius 1 is 1.11 bits per heavy atom. The Kier molecular flexibility index (Phi) is 3.76. The highest BCUT2D eigenvalue weighted by Crippen LogP contribution is 2.32. The molecule has 0 amide bonds. The molecule has 5 rings (SSSR count). The van der Waals surface area contributed by atoms with E-state index in [-0.39, 0.29) is 11.4 Å². The van der Waals surface area contributed by atoms with Crippen molar-refractivity contribution in [3.05, 3.63) is 64.6 Å². The lowest BCUT2D eigenvalue weighted by atomic mass is 9.97. The van der Waals surface area contributed by atoms with E-state index in [1.807, 2.05) is 42.5 Å². The summed E-state index contributed by atoms with van der Waals surface area (Å²) in [6.45, 7) is 1.50. The van der Waals surface area contributed by atoms with Gasteiger partial charge in [-0.3, -0.25) is 10.8 Å². The van der Waals surface area contributed by atoms with Crippen LogP contribution in [0.25, 0.3) is 10.8 Å². The third-order valence-electron chi connectivity index (χ3n) is 5.67. The van der Waals surface area contributed by atoms with Crippen molar-refractivity contribution in [2.24, 2.45) is 5.92 Å². The van der Waals surface area contributed by atoms with Crippen LogP contribution in [0.4, 0.5) is 5.82 Å². The number of anilines is 1. The Labute approximate surface area is 162 Å². The molecule has 2 N–H and O–H groups in total. The van der Waals surface area contributed by atoms with Gasteiger partial charge in [-0.2, -0.15) is 9.94 Å². The van der Waals surface area contributed by atoms with Gasteiger partial charge < -0.3 is 4.90 Å². The van der Waals surface area contributed by atoms with Gasteiger partial charge in [-0.15, -0.1) is 5.10 Å². The van der Waals surface area contributed by atoms with Gasteiger partial charge in [0.25, 0.3) is 0 Å². The molecule has 0 atom stereocenters. The highest BCUT2D eigenvalue weighted by molar-refractivity contribution is 5.94. The van der Waals surface area contributed by atoms with Crippen LogP contribution in [0.15, 0.2) is 42.5 Å². The second kappa shape index (κ2) is 6.31. The summed E-state index contributed by atoms with van der Waals surface area (Å²) >= 11 is 0. The van der Waals surface area contributed by atoms with Crippen LogP contribution in [0.2, 0.25) is 0 Å². The number of hydrogen-bond acceptors (Lipinski definition) is 5. The number of nitrogens with zero attached hydrogens (tertiary/aromatic N) is 4. The highest BCUT2D eigenvalue weighted by atomic mass is 15.4. The average molecular weight is 368 g/mol. The molecule has 1 aliphatic carbocycles. The molecule has 1 fully saturated rings. The minimum absolute atomic E-state index is 0.218. The number of aromatic nitrogens is 2. The van der Waals surface area contributed by atoms with E-state index in [9.17, 15) is 5.26 Å². The minimum Gasteiger partial charge on any atom is -0.350 e. The van der Waals surface area contributed by atoms with Crippen LogP contribution in [-0.2, 0) is 13.0 Å². The first-order chi connectivity index (χ1) is 13.7. The van der Waals surface area contributed by atoms with Crippen LogP contribution in [0.1, 0.15) is 29.5 Å². The number of benzene rings is 2. The molecule has 6 heteroatoms. The Morgan fingerprint density at radius 3 is 2.64 bits per heavy atom. The van der Waals surface area contributed by atoms with Crippen molar-refractivity contribution in [3.63, 3.8) is 0 Å². The minimum atomic E-state index is 0.218. The predicted octanol–water partition coefficient (Wildman–Crippen LogP) is 3.19. The van der Waals surface area contributed by atoms with Crippen molar-refractivity contribution in [1.82, 2.24) is 9.78 Å². The fourth-order valence-corrected chi connectivity index (χ4v) is 3.94. The monoisotopic (exact) mass is 368 g/mol. The predicted molar refractivity (Wildman–Crippen MR) is 107 cm³/mol. The molecule has 0 bridgehead atoms. The number of hydrogen-bond donors (Lipinski definition) is 2. The largest absolute Gasteiger partial charge is 0.350 e. The normalized spacial score (nSPS) is 15.9. The van der Waals surface area contributed by atoms with E-state index >= 15 is 0 Å². The molecule has 6 nitrogen and oxygen atoms in total. The van der Waals surface area contributed by atoms with Crippen molar-refractivity contribution >= 4 is 22.4 Å². The molecule has 0 spiro atoms. The zero-order valence-corrected chi connectivity index (χ0v) is 15.4. The third kappa shape index (κ3) is 2.67. The van der Waals surface area contributed by atoms with Crippen LogP contribution in [0.3, 0.4) is 0 Å². The first kappa shape index (κ1) is 16.7. The summed E-state index contributed by atoms with van der Waals surface area (Å²) in [5.41, 5.74) is 3.37. The Hall–Kier alpha value is -3.46. The molecule has 1 aromatic heterocycles. The van der Waals surface area contributed by atoms with Gasteiger partial charge in [0.15, 0.2) is 11.3 Å². The zero-order chi connectivity index (χ0) is 19.3. The van der Waals surface area contributed by atoms with E-state index in [4.69, 9.17) is 15.9 Å². The van der Waals surface area contributed by atoms with Crippen LogP contribution in [0.5, 0.6) is 0 Å². The van der Waals surface area contributed by atoms with Gasteiger partial charge in [-0.05, 0) is 42.5 Å². The van der Waals surface area contributed by atoms with Gasteiger partial charge in [-0.25, -0.2) is 0 Å². The van der Waals surface area contributed by atoms with Gasteiger partial charge >= 0.3 is 0 Å². The lowest BCUT2D eigenvalue weighted by molar-refractivity contribution is 0.696. The number of rotatable bonds is 2. The van der Waals surface area contributed by atoms with Gasteiger partial charge in [0.2, 0.25) is 0 Å². The van der Waals surface area contributed by atoms with Crippen LogP contribution < -0.4 is 10.4 Å². The summed E-state index contributed by atoms with van der Waals surface area (Å²) in [5, 5.41) is 32.8. The fourth-order valence-electron chi connectivity index (χ4n) is 3.94. The van der Waals surface area contributed by atoms with Crippen molar-refractivity contribution in [1.29, 1.82) is 16.1 Å². The van der Waals surface area contributed by atoms with Crippen molar-refractivity contribution in [2.45, 2.75) is 25.8 Å². The molecule has 3 aromatic rings. The maximum absolute atomic E-state index is 9.23. The molecular weight excluding hydrogens is 348 g/mol. The van der Waals surface area contributed by atoms with Crippen molar-refractivity contribution < 1.29 is 0 Å². The highest BCUT2D eigenvalue weighted by Gasteiger charge is 2.30. The van der Waals surface area contributed by atoms with Gasteiger partial charge in [0.1, 0.15) is 5.84 Å². The molecule has 2 aromatic carbocycles. The Balaban J connectivity index is 1.64. The van der Waals surface area contributed by atoms with E-state index in [1.165, 1.54) is 10.2 Å². The lowest BCUT2D eigenvalue weighted by Gasteiger charge is -2.31. The molecular formula is C22H20N6. The first-order valence-electron chi connectivity index (χ1n) is 9.58. The van der Waals surface area contributed by atoms with E-state index in [1.54, 1.807) is 0 Å². The standard InChI is InChI=1S/C22H20N6/c23-12-14-5-6-15-9-10-27(13-17(15)11-14)22-19-4-2-1-3-18(19)21(25)28(26-22)20(24)16-7-8-16/h1-6,11,16,24-25H,7-10,13H2. The zero-order valence-electron chi connectivity index (χ0n) is 15.4. The van der Waals surface area contributed by atoms with E-state index < -0.39 is 0 Å². The summed E-state index contributed by atoms with van der Waals surface area (Å²) < 4.78 is 1.51. The summed E-state index contributed by atoms with van der Waals surface area (Å²) in [6, 6.07) is 15.9. The van der Waals surface area contributed by atoms with E-state index in [0.29, 0.717) is 17.9 Å². The van der Waals surface area contributed by atoms with Gasteiger partial charge in [-0.1, -0.05) is 30.3 Å². The summed E-state index contributed by atoms with van der Waals surface area (Å²) in [4.78, 5) is 2.21. The second-order valence-electron chi connectivity index (χ2n) is 7.56. The number of fused-ring (bicyclic) bond motifs is 2.